The first-order valence-electron chi connectivity index (χ1n) is 3.36. The molecule has 3 N–H and O–H groups in total. The minimum Gasteiger partial charge on any atom is -0.378 e. The quantitative estimate of drug-likeness (QED) is 0.687. The zero-order valence-corrected chi connectivity index (χ0v) is 7.22. The SMILES string of the molecule is Cl.NC(O)Cc1ccc(F)cc1. The lowest BCUT2D eigenvalue weighted by Gasteiger charge is -2.02. The van der Waals surface area contributed by atoms with E-state index in [4.69, 9.17) is 10.8 Å². The number of nitrogens with two attached hydrogens (primary N) is 1. The van der Waals surface area contributed by atoms with Gasteiger partial charge in [-0.1, -0.05) is 12.1 Å². The maximum atomic E-state index is 12.3. The second kappa shape index (κ2) is 5.09. The van der Waals surface area contributed by atoms with Gasteiger partial charge in [0.05, 0.1) is 0 Å². The number of hydrogen-bond acceptors (Lipinski definition) is 2. The third-order valence-electron chi connectivity index (χ3n) is 1.36. The van der Waals surface area contributed by atoms with E-state index in [9.17, 15) is 4.39 Å². The summed E-state index contributed by atoms with van der Waals surface area (Å²) in [5.74, 6) is -0.278. The third kappa shape index (κ3) is 3.67. The van der Waals surface area contributed by atoms with Crippen LogP contribution in [-0.2, 0) is 6.42 Å². The van der Waals surface area contributed by atoms with Crippen molar-refractivity contribution in [3.8, 4) is 0 Å². The van der Waals surface area contributed by atoms with Crippen molar-refractivity contribution in [3.63, 3.8) is 0 Å². The van der Waals surface area contributed by atoms with Gasteiger partial charge in [-0.2, -0.15) is 0 Å². The average molecular weight is 192 g/mol. The van der Waals surface area contributed by atoms with Crippen molar-refractivity contribution in [2.45, 2.75) is 12.6 Å². The summed E-state index contributed by atoms with van der Waals surface area (Å²) in [6.45, 7) is 0. The predicted octanol–water partition coefficient (Wildman–Crippen LogP) is 1.07. The Kier molecular flexibility index (Phi) is 4.81. The Balaban J connectivity index is 0.00000121. The fourth-order valence-corrected chi connectivity index (χ4v) is 0.862. The van der Waals surface area contributed by atoms with Crippen LogP contribution in [0.2, 0.25) is 0 Å². The lowest BCUT2D eigenvalue weighted by Crippen LogP contribution is -2.21. The maximum Gasteiger partial charge on any atom is 0.123 e. The van der Waals surface area contributed by atoms with E-state index in [-0.39, 0.29) is 18.2 Å². The summed E-state index contributed by atoms with van der Waals surface area (Å²) in [6, 6.07) is 5.90. The van der Waals surface area contributed by atoms with E-state index < -0.39 is 6.23 Å². The molecular formula is C8H11ClFNO. The van der Waals surface area contributed by atoms with E-state index in [0.29, 0.717) is 6.42 Å². The molecule has 2 nitrogen and oxygen atoms in total. The van der Waals surface area contributed by atoms with E-state index in [0.717, 1.165) is 5.56 Å². The van der Waals surface area contributed by atoms with Gasteiger partial charge in [0.25, 0.3) is 0 Å². The Bertz CT molecular complexity index is 225. The van der Waals surface area contributed by atoms with Crippen molar-refractivity contribution in [1.82, 2.24) is 0 Å². The zero-order chi connectivity index (χ0) is 8.27. The van der Waals surface area contributed by atoms with Crippen LogP contribution in [0.1, 0.15) is 5.56 Å². The van der Waals surface area contributed by atoms with Crippen molar-refractivity contribution >= 4 is 12.4 Å². The molecule has 0 saturated carbocycles. The summed E-state index contributed by atoms with van der Waals surface area (Å²) in [6.07, 6.45) is -0.499. The standard InChI is InChI=1S/C8H10FNO.ClH/c9-7-3-1-6(2-4-7)5-8(10)11;/h1-4,8,11H,5,10H2;1H. The Morgan fingerprint density at radius 2 is 1.83 bits per heavy atom. The highest BCUT2D eigenvalue weighted by Crippen LogP contribution is 2.03. The molecule has 0 spiro atoms. The Hall–Kier alpha value is -0.640. The monoisotopic (exact) mass is 191 g/mol. The summed E-state index contributed by atoms with van der Waals surface area (Å²) in [5, 5.41) is 8.76. The number of benzene rings is 1. The van der Waals surface area contributed by atoms with Crippen molar-refractivity contribution in [3.05, 3.63) is 35.6 Å². The zero-order valence-electron chi connectivity index (χ0n) is 6.40. The van der Waals surface area contributed by atoms with Gasteiger partial charge in [0.1, 0.15) is 12.0 Å². The lowest BCUT2D eigenvalue weighted by molar-refractivity contribution is 0.183. The number of rotatable bonds is 2. The Labute approximate surface area is 76.6 Å². The maximum absolute atomic E-state index is 12.3. The summed E-state index contributed by atoms with van der Waals surface area (Å²) in [4.78, 5) is 0. The normalized spacial score (nSPS) is 11.9. The molecule has 1 unspecified atom stereocenters. The first-order chi connectivity index (χ1) is 5.18. The van der Waals surface area contributed by atoms with Crippen molar-refractivity contribution in [1.29, 1.82) is 0 Å². The average Bonchev–Trinajstić information content (AvgIpc) is 1.93. The molecule has 0 bridgehead atoms. The molecule has 0 aliphatic carbocycles. The topological polar surface area (TPSA) is 46.2 Å². The van der Waals surface area contributed by atoms with Gasteiger partial charge in [0.15, 0.2) is 0 Å². The van der Waals surface area contributed by atoms with Gasteiger partial charge < -0.3 is 10.8 Å². The second-order valence-corrected chi connectivity index (χ2v) is 2.40. The summed E-state index contributed by atoms with van der Waals surface area (Å²) >= 11 is 0. The van der Waals surface area contributed by atoms with Crippen LogP contribution >= 0.6 is 12.4 Å². The summed E-state index contributed by atoms with van der Waals surface area (Å²) in [7, 11) is 0. The van der Waals surface area contributed by atoms with Crippen molar-refractivity contribution in [2.24, 2.45) is 5.73 Å². The molecule has 4 heteroatoms. The van der Waals surface area contributed by atoms with Crippen LogP contribution in [0, 0.1) is 5.82 Å². The number of aliphatic hydroxyl groups excluding tert-OH is 1. The molecule has 12 heavy (non-hydrogen) atoms. The molecular weight excluding hydrogens is 181 g/mol. The predicted molar refractivity (Wildman–Crippen MR) is 47.5 cm³/mol. The summed E-state index contributed by atoms with van der Waals surface area (Å²) in [5.41, 5.74) is 5.96. The van der Waals surface area contributed by atoms with E-state index in [2.05, 4.69) is 0 Å². The third-order valence-corrected chi connectivity index (χ3v) is 1.36. The first-order valence-corrected chi connectivity index (χ1v) is 3.36. The molecule has 0 aliphatic heterocycles. The minimum absolute atomic E-state index is 0. The van der Waals surface area contributed by atoms with Crippen LogP contribution in [0.4, 0.5) is 4.39 Å². The van der Waals surface area contributed by atoms with E-state index >= 15 is 0 Å². The Morgan fingerprint density at radius 1 is 1.33 bits per heavy atom. The van der Waals surface area contributed by atoms with Gasteiger partial charge in [-0.3, -0.25) is 0 Å². The molecule has 1 aromatic rings. The lowest BCUT2D eigenvalue weighted by atomic mass is 10.1. The number of halogens is 2. The summed E-state index contributed by atoms with van der Waals surface area (Å²) < 4.78 is 12.3. The van der Waals surface area contributed by atoms with Gasteiger partial charge in [-0.15, -0.1) is 12.4 Å². The minimum atomic E-state index is -0.861. The van der Waals surface area contributed by atoms with Crippen LogP contribution in [0.25, 0.3) is 0 Å². The first kappa shape index (κ1) is 11.4. The van der Waals surface area contributed by atoms with Crippen LogP contribution in [0.3, 0.4) is 0 Å². The number of hydrogen-bond donors (Lipinski definition) is 2. The second-order valence-electron chi connectivity index (χ2n) is 2.40. The van der Waals surface area contributed by atoms with Crippen molar-refractivity contribution < 1.29 is 9.50 Å². The highest BCUT2D eigenvalue weighted by atomic mass is 35.5. The fourth-order valence-electron chi connectivity index (χ4n) is 0.862. The van der Waals surface area contributed by atoms with Crippen LogP contribution in [0.5, 0.6) is 0 Å². The molecule has 0 fully saturated rings. The van der Waals surface area contributed by atoms with Gasteiger partial charge in [0.2, 0.25) is 0 Å². The fraction of sp³-hybridized carbons (Fsp3) is 0.250. The highest BCUT2D eigenvalue weighted by molar-refractivity contribution is 5.85. The van der Waals surface area contributed by atoms with E-state index in [1.54, 1.807) is 12.1 Å². The van der Waals surface area contributed by atoms with Gasteiger partial charge in [-0.25, -0.2) is 4.39 Å². The van der Waals surface area contributed by atoms with Crippen LogP contribution in [-0.4, -0.2) is 11.3 Å². The van der Waals surface area contributed by atoms with E-state index in [1.165, 1.54) is 12.1 Å². The van der Waals surface area contributed by atoms with Crippen LogP contribution < -0.4 is 5.73 Å². The molecule has 0 saturated heterocycles. The molecule has 68 valence electrons. The molecule has 1 atom stereocenters. The number of aliphatic hydroxyl groups is 1. The van der Waals surface area contributed by atoms with Gasteiger partial charge >= 0.3 is 0 Å². The molecule has 0 radical (unpaired) electrons. The van der Waals surface area contributed by atoms with E-state index in [1.807, 2.05) is 0 Å². The molecule has 0 amide bonds. The largest absolute Gasteiger partial charge is 0.378 e. The smallest absolute Gasteiger partial charge is 0.123 e. The van der Waals surface area contributed by atoms with Gasteiger partial charge in [0, 0.05) is 6.42 Å². The molecule has 0 heterocycles. The molecule has 0 aromatic heterocycles. The highest BCUT2D eigenvalue weighted by Gasteiger charge is 1.98. The van der Waals surface area contributed by atoms with Crippen molar-refractivity contribution in [2.75, 3.05) is 0 Å². The Morgan fingerprint density at radius 3 is 2.25 bits per heavy atom. The molecule has 1 aromatic carbocycles. The van der Waals surface area contributed by atoms with Crippen LogP contribution in [0.15, 0.2) is 24.3 Å². The molecule has 1 rings (SSSR count). The molecule has 0 aliphatic rings. The van der Waals surface area contributed by atoms with Gasteiger partial charge in [-0.05, 0) is 17.7 Å².